The van der Waals surface area contributed by atoms with Gasteiger partial charge in [-0.3, -0.25) is 4.79 Å². The van der Waals surface area contributed by atoms with Crippen LogP contribution in [0.5, 0.6) is 0 Å². The summed E-state index contributed by atoms with van der Waals surface area (Å²) in [6.07, 6.45) is 2.69. The highest BCUT2D eigenvalue weighted by Crippen LogP contribution is 2.30. The number of nitrogens with two attached hydrogens (primary N) is 1. The maximum Gasteiger partial charge on any atom is 0.207 e. The molecule has 0 unspecified atom stereocenters. The lowest BCUT2D eigenvalue weighted by molar-refractivity contribution is -0.109. The first-order valence-electron chi connectivity index (χ1n) is 7.01. The molecule has 0 bridgehead atoms. The highest BCUT2D eigenvalue weighted by atomic mass is 16.1. The highest BCUT2D eigenvalue weighted by molar-refractivity contribution is 5.96. The topological polar surface area (TPSA) is 70.9 Å². The first-order chi connectivity index (χ1) is 10.7. The number of fused-ring (bicyclic) bond motifs is 1. The van der Waals surface area contributed by atoms with Crippen LogP contribution >= 0.6 is 0 Å². The van der Waals surface area contributed by atoms with Crippen molar-refractivity contribution in [2.24, 2.45) is 5.73 Å². The second-order valence-corrected chi connectivity index (χ2v) is 5.19. The minimum absolute atomic E-state index is 0.524. The van der Waals surface area contributed by atoms with Gasteiger partial charge in [0, 0.05) is 34.9 Å². The number of nitrogens with one attached hydrogen (secondary N) is 2. The van der Waals surface area contributed by atoms with Crippen molar-refractivity contribution in [3.8, 4) is 11.1 Å². The van der Waals surface area contributed by atoms with E-state index in [0.717, 1.165) is 33.2 Å². The van der Waals surface area contributed by atoms with Gasteiger partial charge in [0.2, 0.25) is 6.41 Å². The first-order valence-corrected chi connectivity index (χ1v) is 7.01. The number of H-pyrrole nitrogens is 1. The van der Waals surface area contributed by atoms with Crippen molar-refractivity contribution in [3.05, 3.63) is 66.4 Å². The molecule has 0 atom stereocenters. The normalized spacial score (nSPS) is 10.5. The Balaban J connectivity index is 2.03. The number of hydrogen-bond acceptors (Lipinski definition) is 2. The molecule has 4 nitrogen and oxygen atoms in total. The molecule has 22 heavy (non-hydrogen) atoms. The Hall–Kier alpha value is -3.01. The number of aromatic nitrogens is 1. The number of carbonyl (C=O) groups is 1. The van der Waals surface area contributed by atoms with E-state index in [9.17, 15) is 4.79 Å². The van der Waals surface area contributed by atoms with Gasteiger partial charge in [0.25, 0.3) is 0 Å². The van der Waals surface area contributed by atoms with Crippen LogP contribution in [-0.2, 0) is 11.3 Å². The van der Waals surface area contributed by atoms with Crippen molar-refractivity contribution in [1.82, 2.24) is 10.3 Å². The maximum absolute atomic E-state index is 10.4. The van der Waals surface area contributed by atoms with E-state index in [1.807, 2.05) is 36.5 Å². The minimum atomic E-state index is 0.524. The molecule has 0 aliphatic rings. The number of amides is 1. The zero-order valence-electron chi connectivity index (χ0n) is 12.1. The quantitative estimate of drug-likeness (QED) is 0.632. The standard InChI is InChI=1S/C18H17N3O/c1-12(19)14-3-2-4-15(8-14)17-10-21-18-7-13(9-20-11-22)5-6-16(17)18/h2-8,10-11,21H,1,9,19H2,(H,20,22). The van der Waals surface area contributed by atoms with E-state index in [-0.39, 0.29) is 0 Å². The van der Waals surface area contributed by atoms with Gasteiger partial charge < -0.3 is 16.0 Å². The average Bonchev–Trinajstić information content (AvgIpc) is 2.96. The van der Waals surface area contributed by atoms with Gasteiger partial charge in [-0.2, -0.15) is 0 Å². The summed E-state index contributed by atoms with van der Waals surface area (Å²) >= 11 is 0. The second-order valence-electron chi connectivity index (χ2n) is 5.19. The average molecular weight is 291 g/mol. The fraction of sp³-hybridized carbons (Fsp3) is 0.0556. The third-order valence-corrected chi connectivity index (χ3v) is 3.68. The van der Waals surface area contributed by atoms with Gasteiger partial charge in [0.15, 0.2) is 0 Å². The number of hydrogen-bond donors (Lipinski definition) is 3. The van der Waals surface area contributed by atoms with Crippen molar-refractivity contribution >= 4 is 23.0 Å². The van der Waals surface area contributed by atoms with Crippen molar-refractivity contribution in [2.45, 2.75) is 6.54 Å². The van der Waals surface area contributed by atoms with Crippen molar-refractivity contribution in [1.29, 1.82) is 0 Å². The van der Waals surface area contributed by atoms with Crippen LogP contribution in [-0.4, -0.2) is 11.4 Å². The minimum Gasteiger partial charge on any atom is -0.399 e. The molecule has 4 N–H and O–H groups in total. The van der Waals surface area contributed by atoms with Crippen LogP contribution in [0.15, 0.2) is 55.2 Å². The van der Waals surface area contributed by atoms with Gasteiger partial charge in [0.05, 0.1) is 0 Å². The number of rotatable bonds is 5. The van der Waals surface area contributed by atoms with E-state index in [2.05, 4.69) is 29.0 Å². The monoisotopic (exact) mass is 291 g/mol. The molecule has 0 spiro atoms. The van der Waals surface area contributed by atoms with Crippen LogP contribution < -0.4 is 11.1 Å². The summed E-state index contributed by atoms with van der Waals surface area (Å²) in [5.74, 6) is 0. The lowest BCUT2D eigenvalue weighted by Crippen LogP contribution is -2.09. The fourth-order valence-corrected chi connectivity index (χ4v) is 2.57. The Morgan fingerprint density at radius 2 is 2.14 bits per heavy atom. The third-order valence-electron chi connectivity index (χ3n) is 3.68. The Morgan fingerprint density at radius 3 is 2.91 bits per heavy atom. The SMILES string of the molecule is C=C(N)c1cccc(-c2c[nH]c3cc(CNC=O)ccc23)c1. The Bertz CT molecular complexity index is 848. The summed E-state index contributed by atoms with van der Waals surface area (Å²) in [4.78, 5) is 13.7. The summed E-state index contributed by atoms with van der Waals surface area (Å²) in [6.45, 7) is 4.31. The molecule has 0 aliphatic carbocycles. The van der Waals surface area contributed by atoms with E-state index in [1.54, 1.807) is 0 Å². The molecular formula is C18H17N3O. The number of aromatic amines is 1. The van der Waals surface area contributed by atoms with Crippen molar-refractivity contribution < 1.29 is 4.79 Å². The van der Waals surface area contributed by atoms with E-state index in [4.69, 9.17) is 5.73 Å². The molecule has 1 aromatic heterocycles. The summed E-state index contributed by atoms with van der Waals surface area (Å²) in [5, 5.41) is 3.80. The van der Waals surface area contributed by atoms with Crippen molar-refractivity contribution in [2.75, 3.05) is 0 Å². The Morgan fingerprint density at radius 1 is 1.27 bits per heavy atom. The van der Waals surface area contributed by atoms with Gasteiger partial charge >= 0.3 is 0 Å². The Kier molecular flexibility index (Phi) is 3.66. The van der Waals surface area contributed by atoms with Crippen LogP contribution in [0.4, 0.5) is 0 Å². The van der Waals surface area contributed by atoms with Crippen LogP contribution in [0.1, 0.15) is 11.1 Å². The lowest BCUT2D eigenvalue weighted by atomic mass is 10.0. The number of carbonyl (C=O) groups excluding carboxylic acids is 1. The lowest BCUT2D eigenvalue weighted by Gasteiger charge is -2.05. The molecule has 0 fully saturated rings. The summed E-state index contributed by atoms with van der Waals surface area (Å²) in [5.41, 5.74) is 11.6. The molecule has 2 aromatic carbocycles. The number of benzene rings is 2. The molecule has 110 valence electrons. The largest absolute Gasteiger partial charge is 0.399 e. The van der Waals surface area contributed by atoms with Crippen LogP contribution in [0, 0.1) is 0 Å². The van der Waals surface area contributed by atoms with E-state index < -0.39 is 0 Å². The van der Waals surface area contributed by atoms with Gasteiger partial charge in [-0.05, 0) is 28.8 Å². The molecule has 1 amide bonds. The second kappa shape index (κ2) is 5.77. The van der Waals surface area contributed by atoms with Crippen LogP contribution in [0.25, 0.3) is 27.7 Å². The summed E-state index contributed by atoms with van der Waals surface area (Å²) in [7, 11) is 0. The molecule has 0 saturated carbocycles. The van der Waals surface area contributed by atoms with E-state index in [0.29, 0.717) is 18.7 Å². The molecular weight excluding hydrogens is 274 g/mol. The zero-order chi connectivity index (χ0) is 15.5. The van der Waals surface area contributed by atoms with E-state index >= 15 is 0 Å². The molecule has 3 aromatic rings. The fourth-order valence-electron chi connectivity index (χ4n) is 2.57. The van der Waals surface area contributed by atoms with Crippen molar-refractivity contribution in [3.63, 3.8) is 0 Å². The molecule has 0 radical (unpaired) electrons. The van der Waals surface area contributed by atoms with Gasteiger partial charge in [-0.15, -0.1) is 0 Å². The predicted molar refractivity (Wildman–Crippen MR) is 89.9 cm³/mol. The molecule has 0 saturated heterocycles. The zero-order valence-corrected chi connectivity index (χ0v) is 12.1. The molecule has 0 aliphatic heterocycles. The van der Waals surface area contributed by atoms with Crippen LogP contribution in [0.2, 0.25) is 0 Å². The summed E-state index contributed by atoms with van der Waals surface area (Å²) < 4.78 is 0. The first kappa shape index (κ1) is 13.9. The third kappa shape index (κ3) is 2.59. The highest BCUT2D eigenvalue weighted by Gasteiger charge is 2.07. The van der Waals surface area contributed by atoms with Crippen LogP contribution in [0.3, 0.4) is 0 Å². The smallest absolute Gasteiger partial charge is 0.207 e. The van der Waals surface area contributed by atoms with Gasteiger partial charge in [0.1, 0.15) is 0 Å². The maximum atomic E-state index is 10.4. The Labute approximate surface area is 128 Å². The molecule has 3 rings (SSSR count). The molecule has 1 heterocycles. The molecule has 4 heteroatoms. The summed E-state index contributed by atoms with van der Waals surface area (Å²) in [6, 6.07) is 14.1. The van der Waals surface area contributed by atoms with Gasteiger partial charge in [-0.25, -0.2) is 0 Å². The predicted octanol–water partition coefficient (Wildman–Crippen LogP) is 3.01. The van der Waals surface area contributed by atoms with Gasteiger partial charge in [-0.1, -0.05) is 36.9 Å². The van der Waals surface area contributed by atoms with E-state index in [1.165, 1.54) is 0 Å².